The van der Waals surface area contributed by atoms with Crippen molar-refractivity contribution in [1.29, 1.82) is 0 Å². The highest BCUT2D eigenvalue weighted by atomic mass is 19.4. The number of halogens is 3. The van der Waals surface area contributed by atoms with Crippen LogP contribution in [0, 0.1) is 0 Å². The van der Waals surface area contributed by atoms with Gasteiger partial charge < -0.3 is 20.1 Å². The minimum Gasteiger partial charge on any atom is -0.382 e. The fourth-order valence-electron chi connectivity index (χ4n) is 4.08. The highest BCUT2D eigenvalue weighted by molar-refractivity contribution is 5.94. The number of carbonyl (C=O) groups is 1. The predicted octanol–water partition coefficient (Wildman–Crippen LogP) is 5.83. The Morgan fingerprint density at radius 1 is 1.18 bits per heavy atom. The summed E-state index contributed by atoms with van der Waals surface area (Å²) in [5, 5.41) is 0. The molecular formula is C28H37F3N4O3. The van der Waals surface area contributed by atoms with Gasteiger partial charge in [0.1, 0.15) is 11.9 Å². The molecule has 2 aliphatic rings. The number of fused-ring (bicyclic) bond motifs is 1. The molecule has 0 radical (unpaired) electrons. The van der Waals surface area contributed by atoms with Gasteiger partial charge in [-0.1, -0.05) is 44.7 Å². The molecule has 1 aromatic carbocycles. The van der Waals surface area contributed by atoms with E-state index in [4.69, 9.17) is 15.2 Å². The Balaban J connectivity index is 0.000000327. The summed E-state index contributed by atoms with van der Waals surface area (Å²) in [4.78, 5) is 21.0. The summed E-state index contributed by atoms with van der Waals surface area (Å²) >= 11 is 0. The van der Waals surface area contributed by atoms with Crippen LogP contribution in [0.5, 0.6) is 0 Å². The monoisotopic (exact) mass is 534 g/mol. The minimum atomic E-state index is -4.47. The topological polar surface area (TPSA) is 90.6 Å². The van der Waals surface area contributed by atoms with Gasteiger partial charge in [0.2, 0.25) is 0 Å². The third-order valence-electron chi connectivity index (χ3n) is 5.84. The normalized spacial score (nSPS) is 20.3. The van der Waals surface area contributed by atoms with Gasteiger partial charge in [-0.3, -0.25) is 9.78 Å². The second-order valence-corrected chi connectivity index (χ2v) is 9.02. The third-order valence-corrected chi connectivity index (χ3v) is 5.84. The average Bonchev–Trinajstić information content (AvgIpc) is 3.21. The molecule has 0 aliphatic carbocycles. The highest BCUT2D eigenvalue weighted by Crippen LogP contribution is 2.33. The van der Waals surface area contributed by atoms with Crippen LogP contribution >= 0.6 is 0 Å². The lowest BCUT2D eigenvalue weighted by Gasteiger charge is -2.33. The summed E-state index contributed by atoms with van der Waals surface area (Å²) in [6.07, 6.45) is 2.85. The summed E-state index contributed by atoms with van der Waals surface area (Å²) in [7, 11) is 0. The molecule has 2 saturated heterocycles. The van der Waals surface area contributed by atoms with E-state index in [1.807, 2.05) is 69.9 Å². The zero-order valence-corrected chi connectivity index (χ0v) is 22.6. The first-order valence-corrected chi connectivity index (χ1v) is 12.6. The molecule has 2 unspecified atom stereocenters. The van der Waals surface area contributed by atoms with Crippen LogP contribution in [0.1, 0.15) is 62.7 Å². The number of allylic oxidation sites excluding steroid dienone is 3. The van der Waals surface area contributed by atoms with Crippen molar-refractivity contribution in [3.63, 3.8) is 0 Å². The molecule has 7 nitrogen and oxygen atoms in total. The van der Waals surface area contributed by atoms with Crippen molar-refractivity contribution in [2.45, 2.75) is 71.6 Å². The lowest BCUT2D eigenvalue weighted by Crippen LogP contribution is -2.47. The summed E-state index contributed by atoms with van der Waals surface area (Å²) in [5.41, 5.74) is 6.99. The lowest BCUT2D eigenvalue weighted by atomic mass is 10.0. The largest absolute Gasteiger partial charge is 0.434 e. The van der Waals surface area contributed by atoms with E-state index < -0.39 is 17.7 Å². The minimum absolute atomic E-state index is 0.0307. The highest BCUT2D eigenvalue weighted by Gasteiger charge is 2.45. The molecule has 1 amide bonds. The van der Waals surface area contributed by atoms with Crippen LogP contribution < -0.4 is 5.73 Å². The van der Waals surface area contributed by atoms with Gasteiger partial charge in [0.05, 0.1) is 18.5 Å². The Hall–Kier alpha value is -3.24. The van der Waals surface area contributed by atoms with E-state index in [0.29, 0.717) is 19.3 Å². The van der Waals surface area contributed by atoms with Gasteiger partial charge in [-0.25, -0.2) is 4.98 Å². The first-order chi connectivity index (χ1) is 17.9. The van der Waals surface area contributed by atoms with Crippen LogP contribution in [0.3, 0.4) is 0 Å². The van der Waals surface area contributed by atoms with Crippen molar-refractivity contribution in [3.05, 3.63) is 77.8 Å². The first-order valence-electron chi connectivity index (χ1n) is 12.6. The van der Waals surface area contributed by atoms with E-state index in [1.54, 1.807) is 0 Å². The van der Waals surface area contributed by atoms with Gasteiger partial charge in [0.15, 0.2) is 11.5 Å². The van der Waals surface area contributed by atoms with Crippen molar-refractivity contribution in [2.75, 3.05) is 18.8 Å². The van der Waals surface area contributed by atoms with E-state index in [-0.39, 0.29) is 23.9 Å². The first kappa shape index (κ1) is 31.0. The number of hydrogen-bond donors (Lipinski definition) is 1. The molecule has 0 bridgehead atoms. The predicted molar refractivity (Wildman–Crippen MR) is 141 cm³/mol. The number of alkyl halides is 3. The Morgan fingerprint density at radius 2 is 1.82 bits per heavy atom. The third kappa shape index (κ3) is 8.66. The number of carbonyl (C=O) groups excluding carboxylic acids is 1. The maximum absolute atomic E-state index is 12.8. The van der Waals surface area contributed by atoms with Gasteiger partial charge in [0.25, 0.3) is 5.91 Å². The number of nitrogens with zero attached hydrogens (tertiary/aromatic N) is 3. The molecule has 3 heterocycles. The lowest BCUT2D eigenvalue weighted by molar-refractivity contribution is -0.145. The summed E-state index contributed by atoms with van der Waals surface area (Å²) in [6, 6.07) is 7.86. The summed E-state index contributed by atoms with van der Waals surface area (Å²) < 4.78 is 47.2. The fourth-order valence-corrected chi connectivity index (χ4v) is 4.08. The molecule has 2 aromatic rings. The molecule has 2 atom stereocenters. The number of likely N-dealkylation sites (tertiary alicyclic amines) is 1. The Morgan fingerprint density at radius 3 is 2.34 bits per heavy atom. The van der Waals surface area contributed by atoms with Crippen molar-refractivity contribution in [3.8, 4) is 0 Å². The number of anilines is 1. The van der Waals surface area contributed by atoms with Crippen LogP contribution in [0.2, 0.25) is 0 Å². The number of rotatable bonds is 4. The van der Waals surface area contributed by atoms with Crippen LogP contribution in [-0.4, -0.2) is 51.9 Å². The molecule has 208 valence electrons. The number of piperidine rings is 1. The number of hydrogen-bond acceptors (Lipinski definition) is 6. The van der Waals surface area contributed by atoms with Crippen molar-refractivity contribution in [1.82, 2.24) is 14.9 Å². The SMILES string of the molecule is C=C/C(=C\C)Cc1ccc(C(=O)N2CCC3OC(C)(C)OC3C2)cc1.CC.Nc1cncc(C(F)(F)F)n1. The van der Waals surface area contributed by atoms with E-state index in [2.05, 4.69) is 22.6 Å². The molecule has 2 fully saturated rings. The van der Waals surface area contributed by atoms with Gasteiger partial charge in [-0.2, -0.15) is 13.2 Å². The number of nitrogens with two attached hydrogens (primary N) is 1. The Labute approximate surface area is 222 Å². The molecule has 1 aromatic heterocycles. The molecule has 2 N–H and O–H groups in total. The van der Waals surface area contributed by atoms with Crippen LogP contribution in [-0.2, 0) is 22.1 Å². The van der Waals surface area contributed by atoms with Gasteiger partial charge >= 0.3 is 6.18 Å². The standard InChI is InChI=1S/C21H27NO3.C5H4F3N3.C2H6/c1-5-15(6-2)13-16-7-9-17(10-8-16)20(23)22-12-11-18-19(14-22)25-21(3,4)24-18;6-5(7,8)3-1-10-2-4(9)11-3;1-2/h5-10,18-19H,1,11-14H2,2-4H3;1-2H,(H2,9,11);1-2H3/b15-6+;;. The zero-order valence-electron chi connectivity index (χ0n) is 22.6. The Bertz CT molecular complexity index is 1100. The van der Waals surface area contributed by atoms with E-state index in [0.717, 1.165) is 24.6 Å². The quantitative estimate of drug-likeness (QED) is 0.497. The Kier molecular flexibility index (Phi) is 11.0. The van der Waals surface area contributed by atoms with Crippen LogP contribution in [0.25, 0.3) is 0 Å². The molecule has 0 saturated carbocycles. The number of aromatic nitrogens is 2. The number of ether oxygens (including phenoxy) is 2. The smallest absolute Gasteiger partial charge is 0.382 e. The second kappa shape index (κ2) is 13.5. The van der Waals surface area contributed by atoms with Gasteiger partial charge in [-0.15, -0.1) is 0 Å². The molecule has 38 heavy (non-hydrogen) atoms. The van der Waals surface area contributed by atoms with E-state index >= 15 is 0 Å². The van der Waals surface area contributed by atoms with Gasteiger partial charge in [0, 0.05) is 18.7 Å². The molecule has 2 aliphatic heterocycles. The molecule has 0 spiro atoms. The number of amides is 1. The molecule has 4 rings (SSSR count). The summed E-state index contributed by atoms with van der Waals surface area (Å²) in [6.45, 7) is 15.0. The second-order valence-electron chi connectivity index (χ2n) is 9.02. The van der Waals surface area contributed by atoms with Crippen LogP contribution in [0.15, 0.2) is 61.0 Å². The number of benzene rings is 1. The molecular weight excluding hydrogens is 497 g/mol. The van der Waals surface area contributed by atoms with Crippen molar-refractivity contribution >= 4 is 11.7 Å². The maximum atomic E-state index is 12.8. The number of nitrogen functional groups attached to an aromatic ring is 1. The van der Waals surface area contributed by atoms with E-state index in [1.165, 1.54) is 11.1 Å². The van der Waals surface area contributed by atoms with Crippen molar-refractivity contribution in [2.24, 2.45) is 0 Å². The van der Waals surface area contributed by atoms with E-state index in [9.17, 15) is 18.0 Å². The maximum Gasteiger partial charge on any atom is 0.434 e. The fraction of sp³-hybridized carbons (Fsp3) is 0.464. The average molecular weight is 535 g/mol. The summed E-state index contributed by atoms with van der Waals surface area (Å²) in [5.74, 6) is -0.723. The van der Waals surface area contributed by atoms with Crippen molar-refractivity contribution < 1.29 is 27.4 Å². The zero-order chi connectivity index (χ0) is 28.5. The van der Waals surface area contributed by atoms with Gasteiger partial charge in [-0.05, 0) is 56.9 Å². The molecule has 10 heteroatoms. The van der Waals surface area contributed by atoms with Crippen LogP contribution in [0.4, 0.5) is 19.0 Å².